The fourth-order valence-electron chi connectivity index (χ4n) is 2.95. The van der Waals surface area contributed by atoms with Crippen molar-refractivity contribution >= 4 is 29.9 Å². The topological polar surface area (TPSA) is 80.3 Å². The lowest BCUT2D eigenvalue weighted by atomic mass is 10.1. The number of rotatable bonds is 9. The minimum Gasteiger partial charge on any atom is -0.467 e. The minimum atomic E-state index is -4.32. The lowest BCUT2D eigenvalue weighted by molar-refractivity contribution is -0.137. The van der Waals surface area contributed by atoms with Gasteiger partial charge in [-0.15, -0.1) is 34.2 Å². The first-order chi connectivity index (χ1) is 15.0. The molecule has 3 aromatic rings. The number of alkyl halides is 3. The number of hydrogen-bond donors (Lipinski definition) is 2. The van der Waals surface area contributed by atoms with Crippen molar-refractivity contribution in [1.29, 1.82) is 0 Å². The average Bonchev–Trinajstić information content (AvgIpc) is 3.43. The molecule has 0 radical (unpaired) electrons. The Balaban J connectivity index is 0.00000363. The van der Waals surface area contributed by atoms with E-state index in [1.807, 2.05) is 17.6 Å². The van der Waals surface area contributed by atoms with Crippen molar-refractivity contribution in [2.24, 2.45) is 4.99 Å². The molecule has 2 aromatic heterocycles. The third-order valence-corrected chi connectivity index (χ3v) is 4.62. The zero-order valence-electron chi connectivity index (χ0n) is 17.6. The van der Waals surface area contributed by atoms with Gasteiger partial charge in [0.15, 0.2) is 5.96 Å². The molecule has 0 saturated carbocycles. The van der Waals surface area contributed by atoms with Gasteiger partial charge >= 0.3 is 6.18 Å². The number of aromatic nitrogens is 3. The molecule has 7 nitrogen and oxygen atoms in total. The highest BCUT2D eigenvalue weighted by Gasteiger charge is 2.29. The first kappa shape index (κ1) is 25.7. The van der Waals surface area contributed by atoms with E-state index in [4.69, 9.17) is 4.42 Å². The molecule has 0 unspecified atom stereocenters. The van der Waals surface area contributed by atoms with Crippen LogP contribution in [0.3, 0.4) is 0 Å². The number of benzene rings is 1. The second kappa shape index (κ2) is 12.5. The van der Waals surface area contributed by atoms with Crippen molar-refractivity contribution < 1.29 is 17.6 Å². The predicted octanol–water partition coefficient (Wildman–Crippen LogP) is 4.05. The summed E-state index contributed by atoms with van der Waals surface area (Å²) in [5, 5.41) is 14.5. The van der Waals surface area contributed by atoms with Gasteiger partial charge in [-0.25, -0.2) is 4.99 Å². The lowest BCUT2D eigenvalue weighted by Crippen LogP contribution is -2.40. The van der Waals surface area contributed by atoms with Crippen LogP contribution in [0.2, 0.25) is 0 Å². The maximum atomic E-state index is 12.7. The molecular formula is C21H26F3IN6O. The Morgan fingerprint density at radius 3 is 2.53 bits per heavy atom. The summed E-state index contributed by atoms with van der Waals surface area (Å²) in [6, 6.07) is 8.84. The molecule has 0 amide bonds. The number of nitrogens with zero attached hydrogens (tertiary/aromatic N) is 4. The highest BCUT2D eigenvalue weighted by molar-refractivity contribution is 14.0. The Bertz CT molecular complexity index is 955. The molecule has 2 N–H and O–H groups in total. The van der Waals surface area contributed by atoms with Crippen LogP contribution in [0.4, 0.5) is 13.2 Å². The van der Waals surface area contributed by atoms with Crippen LogP contribution in [0.15, 0.2) is 58.4 Å². The van der Waals surface area contributed by atoms with E-state index in [0.29, 0.717) is 38.6 Å². The predicted molar refractivity (Wildman–Crippen MR) is 126 cm³/mol. The van der Waals surface area contributed by atoms with Crippen molar-refractivity contribution in [3.63, 3.8) is 0 Å². The molecule has 0 aliphatic carbocycles. The van der Waals surface area contributed by atoms with Crippen molar-refractivity contribution in [2.75, 3.05) is 13.1 Å². The number of guanidine groups is 1. The summed E-state index contributed by atoms with van der Waals surface area (Å²) < 4.78 is 45.4. The maximum Gasteiger partial charge on any atom is 0.416 e. The molecular weight excluding hydrogens is 536 g/mol. The molecule has 0 fully saturated rings. The first-order valence-corrected chi connectivity index (χ1v) is 10.0. The van der Waals surface area contributed by atoms with Gasteiger partial charge in [0.2, 0.25) is 0 Å². The number of halogens is 4. The molecule has 0 bridgehead atoms. The smallest absolute Gasteiger partial charge is 0.416 e. The van der Waals surface area contributed by atoms with Gasteiger partial charge in [-0.1, -0.05) is 19.1 Å². The van der Waals surface area contributed by atoms with Gasteiger partial charge in [-0.3, -0.25) is 0 Å². The Morgan fingerprint density at radius 1 is 1.12 bits per heavy atom. The van der Waals surface area contributed by atoms with Crippen LogP contribution in [0.25, 0.3) is 0 Å². The van der Waals surface area contributed by atoms with Crippen LogP contribution in [0.5, 0.6) is 0 Å². The highest BCUT2D eigenvalue weighted by Crippen LogP contribution is 2.29. The van der Waals surface area contributed by atoms with E-state index < -0.39 is 11.7 Å². The first-order valence-electron chi connectivity index (χ1n) is 10.0. The molecule has 174 valence electrons. The molecule has 0 saturated heterocycles. The van der Waals surface area contributed by atoms with Gasteiger partial charge in [0.25, 0.3) is 0 Å². The Kier molecular flexibility index (Phi) is 10.0. The summed E-state index contributed by atoms with van der Waals surface area (Å²) in [5.74, 6) is 2.23. The normalized spacial score (nSPS) is 11.8. The Hall–Kier alpha value is -2.57. The van der Waals surface area contributed by atoms with Gasteiger partial charge in [0, 0.05) is 26.1 Å². The second-order valence-corrected chi connectivity index (χ2v) is 6.84. The Labute approximate surface area is 201 Å². The van der Waals surface area contributed by atoms with Crippen LogP contribution < -0.4 is 10.6 Å². The van der Waals surface area contributed by atoms with E-state index in [-0.39, 0.29) is 24.0 Å². The van der Waals surface area contributed by atoms with Gasteiger partial charge in [0.05, 0.1) is 11.8 Å². The standard InChI is InChI=1S/C21H25F3N6O.HI/c1-2-19-29-28-15-30(19)12-11-26-20(27-14-18-4-3-13-31-18)25-10-9-16-5-7-17(8-6-16)21(22,23)24;/h3-8,13,15H,2,9-12,14H2,1H3,(H2,25,26,27);1H. The fourth-order valence-corrected chi connectivity index (χ4v) is 2.95. The van der Waals surface area contributed by atoms with Gasteiger partial charge in [-0.05, 0) is 36.2 Å². The lowest BCUT2D eigenvalue weighted by Gasteiger charge is -2.14. The highest BCUT2D eigenvalue weighted by atomic mass is 127. The third kappa shape index (κ3) is 7.84. The Morgan fingerprint density at radius 2 is 1.88 bits per heavy atom. The van der Waals surface area contributed by atoms with Gasteiger partial charge in [0.1, 0.15) is 24.5 Å². The third-order valence-electron chi connectivity index (χ3n) is 4.62. The fraction of sp³-hybridized carbons (Fsp3) is 0.381. The molecule has 11 heteroatoms. The molecule has 0 aliphatic rings. The summed E-state index contributed by atoms with van der Waals surface area (Å²) in [5.41, 5.74) is 0.162. The van der Waals surface area contributed by atoms with Crippen molar-refractivity contribution in [1.82, 2.24) is 25.4 Å². The van der Waals surface area contributed by atoms with E-state index in [1.165, 1.54) is 12.1 Å². The zero-order valence-corrected chi connectivity index (χ0v) is 19.9. The van der Waals surface area contributed by atoms with Crippen LogP contribution in [0.1, 0.15) is 29.6 Å². The van der Waals surface area contributed by atoms with Crippen LogP contribution in [-0.4, -0.2) is 33.8 Å². The van der Waals surface area contributed by atoms with Crippen LogP contribution >= 0.6 is 24.0 Å². The van der Waals surface area contributed by atoms with Gasteiger partial charge in [-0.2, -0.15) is 13.2 Å². The number of nitrogens with one attached hydrogen (secondary N) is 2. The van der Waals surface area contributed by atoms with Crippen molar-refractivity contribution in [3.8, 4) is 0 Å². The molecule has 0 aliphatic heterocycles. The molecule has 1 aromatic carbocycles. The molecule has 0 spiro atoms. The molecule has 2 heterocycles. The van der Waals surface area contributed by atoms with E-state index in [2.05, 4.69) is 25.8 Å². The molecule has 0 atom stereocenters. The summed E-state index contributed by atoms with van der Waals surface area (Å²) in [6.07, 6.45) is 0.317. The summed E-state index contributed by atoms with van der Waals surface area (Å²) in [4.78, 5) is 4.52. The number of hydrogen-bond acceptors (Lipinski definition) is 4. The van der Waals surface area contributed by atoms with E-state index in [9.17, 15) is 13.2 Å². The van der Waals surface area contributed by atoms with E-state index in [1.54, 1.807) is 18.7 Å². The average molecular weight is 562 g/mol. The monoisotopic (exact) mass is 562 g/mol. The number of aliphatic imine (C=N–C) groups is 1. The summed E-state index contributed by atoms with van der Waals surface area (Å²) in [6.45, 7) is 4.19. The second-order valence-electron chi connectivity index (χ2n) is 6.84. The number of furan rings is 1. The quantitative estimate of drug-likeness (QED) is 0.234. The van der Waals surface area contributed by atoms with Crippen LogP contribution in [-0.2, 0) is 32.1 Å². The van der Waals surface area contributed by atoms with Crippen molar-refractivity contribution in [2.45, 2.75) is 39.0 Å². The van der Waals surface area contributed by atoms with E-state index in [0.717, 1.165) is 35.7 Å². The van der Waals surface area contributed by atoms with E-state index >= 15 is 0 Å². The summed E-state index contributed by atoms with van der Waals surface area (Å²) in [7, 11) is 0. The molecule has 32 heavy (non-hydrogen) atoms. The SMILES string of the molecule is CCc1nncn1CCNC(=NCc1ccco1)NCCc1ccc(C(F)(F)F)cc1.I. The maximum absolute atomic E-state index is 12.7. The zero-order chi connectivity index (χ0) is 22.1. The summed E-state index contributed by atoms with van der Waals surface area (Å²) >= 11 is 0. The van der Waals surface area contributed by atoms with Crippen molar-refractivity contribution in [3.05, 3.63) is 71.7 Å². The van der Waals surface area contributed by atoms with Gasteiger partial charge < -0.3 is 19.6 Å². The number of aryl methyl sites for hydroxylation is 1. The largest absolute Gasteiger partial charge is 0.467 e. The van der Waals surface area contributed by atoms with Crippen LogP contribution in [0, 0.1) is 0 Å². The minimum absolute atomic E-state index is 0. The molecule has 3 rings (SSSR count).